The van der Waals surface area contributed by atoms with E-state index in [0.29, 0.717) is 6.54 Å². The van der Waals surface area contributed by atoms with Crippen molar-refractivity contribution in [2.75, 3.05) is 11.9 Å². The maximum absolute atomic E-state index is 10.4. The van der Waals surface area contributed by atoms with E-state index in [1.165, 1.54) is 0 Å². The van der Waals surface area contributed by atoms with Gasteiger partial charge in [-0.3, -0.25) is 0 Å². The molecule has 110 valence electrons. The maximum Gasteiger partial charge on any atom is 0.150 e. The van der Waals surface area contributed by atoms with Gasteiger partial charge in [0.05, 0.1) is 11.3 Å². The quantitative estimate of drug-likeness (QED) is 0.864. The Morgan fingerprint density at radius 1 is 0.952 bits per heavy atom. The van der Waals surface area contributed by atoms with E-state index < -0.39 is 5.60 Å². The third-order valence-electron chi connectivity index (χ3n) is 4.00. The Morgan fingerprint density at radius 3 is 2.38 bits per heavy atom. The molecule has 3 rings (SSSR count). The van der Waals surface area contributed by atoms with Crippen LogP contribution in [0.2, 0.25) is 0 Å². The fourth-order valence-electron chi connectivity index (χ4n) is 2.79. The van der Waals surface area contributed by atoms with Crippen molar-refractivity contribution in [3.05, 3.63) is 54.6 Å². The topological polar surface area (TPSA) is 41.5 Å². The first kappa shape index (κ1) is 14.0. The van der Waals surface area contributed by atoms with Gasteiger partial charge in [-0.15, -0.1) is 0 Å². The maximum atomic E-state index is 10.4. The molecule has 0 radical (unpaired) electrons. The lowest BCUT2D eigenvalue weighted by Gasteiger charge is -2.23. The minimum absolute atomic E-state index is 0.570. The predicted molar refractivity (Wildman–Crippen MR) is 84.9 cm³/mol. The van der Waals surface area contributed by atoms with E-state index in [0.717, 1.165) is 42.9 Å². The summed E-state index contributed by atoms with van der Waals surface area (Å²) in [4.78, 5) is 0. The first-order valence-electron chi connectivity index (χ1n) is 7.53. The molecule has 0 bridgehead atoms. The zero-order valence-corrected chi connectivity index (χ0v) is 12.1. The highest BCUT2D eigenvalue weighted by molar-refractivity contribution is 5.57. The van der Waals surface area contributed by atoms with Crippen LogP contribution in [0, 0.1) is 0 Å². The van der Waals surface area contributed by atoms with E-state index in [1.807, 2.05) is 54.6 Å². The van der Waals surface area contributed by atoms with Gasteiger partial charge in [-0.2, -0.15) is 0 Å². The molecule has 1 aliphatic rings. The van der Waals surface area contributed by atoms with E-state index in [-0.39, 0.29) is 0 Å². The van der Waals surface area contributed by atoms with Crippen molar-refractivity contribution < 1.29 is 9.84 Å². The van der Waals surface area contributed by atoms with Crippen molar-refractivity contribution in [2.45, 2.75) is 31.3 Å². The summed E-state index contributed by atoms with van der Waals surface area (Å²) in [7, 11) is 0. The summed E-state index contributed by atoms with van der Waals surface area (Å²) in [6.45, 7) is 0.572. The molecule has 0 atom stereocenters. The monoisotopic (exact) mass is 283 g/mol. The number of hydrogen-bond acceptors (Lipinski definition) is 3. The number of hydrogen-bond donors (Lipinski definition) is 2. The number of benzene rings is 2. The van der Waals surface area contributed by atoms with Crippen LogP contribution in [0.4, 0.5) is 5.69 Å². The Hall–Kier alpha value is -2.00. The summed E-state index contributed by atoms with van der Waals surface area (Å²) in [6, 6.07) is 17.6. The van der Waals surface area contributed by atoms with Gasteiger partial charge in [-0.25, -0.2) is 0 Å². The summed E-state index contributed by atoms with van der Waals surface area (Å²) in [5, 5.41) is 13.8. The Labute approximate surface area is 125 Å². The minimum Gasteiger partial charge on any atom is -0.455 e. The molecule has 1 fully saturated rings. The van der Waals surface area contributed by atoms with Crippen LogP contribution in [-0.4, -0.2) is 17.3 Å². The summed E-state index contributed by atoms with van der Waals surface area (Å²) >= 11 is 0. The van der Waals surface area contributed by atoms with Crippen LogP contribution in [0.3, 0.4) is 0 Å². The lowest BCUT2D eigenvalue weighted by Crippen LogP contribution is -2.33. The third-order valence-corrected chi connectivity index (χ3v) is 4.00. The Morgan fingerprint density at radius 2 is 1.62 bits per heavy atom. The average Bonchev–Trinajstić information content (AvgIpc) is 2.95. The van der Waals surface area contributed by atoms with Gasteiger partial charge in [0.1, 0.15) is 5.75 Å². The first-order valence-corrected chi connectivity index (χ1v) is 7.53. The van der Waals surface area contributed by atoms with Crippen molar-refractivity contribution in [1.82, 2.24) is 0 Å². The van der Waals surface area contributed by atoms with Gasteiger partial charge in [-0.1, -0.05) is 43.2 Å². The van der Waals surface area contributed by atoms with E-state index in [1.54, 1.807) is 0 Å². The molecule has 0 unspecified atom stereocenters. The van der Waals surface area contributed by atoms with Crippen molar-refractivity contribution in [3.63, 3.8) is 0 Å². The van der Waals surface area contributed by atoms with Crippen LogP contribution in [-0.2, 0) is 0 Å². The number of anilines is 1. The largest absolute Gasteiger partial charge is 0.455 e. The van der Waals surface area contributed by atoms with Crippen LogP contribution in [0.15, 0.2) is 54.6 Å². The Balaban J connectivity index is 1.70. The summed E-state index contributed by atoms with van der Waals surface area (Å²) in [6.07, 6.45) is 3.98. The smallest absolute Gasteiger partial charge is 0.150 e. The highest BCUT2D eigenvalue weighted by Gasteiger charge is 2.30. The molecule has 21 heavy (non-hydrogen) atoms. The minimum atomic E-state index is -0.570. The molecule has 0 aromatic heterocycles. The van der Waals surface area contributed by atoms with E-state index in [9.17, 15) is 5.11 Å². The molecule has 3 nitrogen and oxygen atoms in total. The molecule has 0 saturated heterocycles. The number of nitrogens with one attached hydrogen (secondary N) is 1. The molecule has 0 spiro atoms. The molecular weight excluding hydrogens is 262 g/mol. The van der Waals surface area contributed by atoms with Gasteiger partial charge >= 0.3 is 0 Å². The van der Waals surface area contributed by atoms with Crippen LogP contribution in [0.1, 0.15) is 25.7 Å². The van der Waals surface area contributed by atoms with Gasteiger partial charge in [0.2, 0.25) is 0 Å². The van der Waals surface area contributed by atoms with Crippen molar-refractivity contribution in [3.8, 4) is 11.5 Å². The molecule has 2 aromatic carbocycles. The number of aliphatic hydroxyl groups is 1. The van der Waals surface area contributed by atoms with Gasteiger partial charge < -0.3 is 15.2 Å². The van der Waals surface area contributed by atoms with Gasteiger partial charge in [0.25, 0.3) is 0 Å². The zero-order chi connectivity index (χ0) is 14.5. The number of rotatable bonds is 5. The molecule has 2 aromatic rings. The molecule has 0 heterocycles. The summed E-state index contributed by atoms with van der Waals surface area (Å²) in [5.74, 6) is 1.59. The van der Waals surface area contributed by atoms with E-state index >= 15 is 0 Å². The molecule has 0 amide bonds. The van der Waals surface area contributed by atoms with Crippen LogP contribution < -0.4 is 10.1 Å². The number of ether oxygens (including phenoxy) is 1. The van der Waals surface area contributed by atoms with Crippen LogP contribution in [0.5, 0.6) is 11.5 Å². The van der Waals surface area contributed by atoms with Gasteiger partial charge in [0, 0.05) is 6.54 Å². The lowest BCUT2D eigenvalue weighted by molar-refractivity contribution is 0.0614. The van der Waals surface area contributed by atoms with Crippen molar-refractivity contribution >= 4 is 5.69 Å². The molecular formula is C18H21NO2. The second kappa shape index (κ2) is 6.19. The van der Waals surface area contributed by atoms with Crippen LogP contribution >= 0.6 is 0 Å². The lowest BCUT2D eigenvalue weighted by atomic mass is 10.0. The summed E-state index contributed by atoms with van der Waals surface area (Å²) < 4.78 is 5.91. The van der Waals surface area contributed by atoms with Gasteiger partial charge in [-0.05, 0) is 37.1 Å². The first-order chi connectivity index (χ1) is 10.3. The van der Waals surface area contributed by atoms with Gasteiger partial charge in [0.15, 0.2) is 5.75 Å². The summed E-state index contributed by atoms with van der Waals surface area (Å²) in [5.41, 5.74) is 0.349. The highest BCUT2D eigenvalue weighted by Crippen LogP contribution is 2.32. The highest BCUT2D eigenvalue weighted by atomic mass is 16.5. The van der Waals surface area contributed by atoms with E-state index in [4.69, 9.17) is 4.74 Å². The molecule has 0 aliphatic heterocycles. The molecule has 1 aliphatic carbocycles. The molecule has 3 heteroatoms. The fourth-order valence-corrected chi connectivity index (χ4v) is 2.79. The molecule has 1 saturated carbocycles. The average molecular weight is 283 g/mol. The van der Waals surface area contributed by atoms with Crippen molar-refractivity contribution in [2.24, 2.45) is 0 Å². The Bertz CT molecular complexity index is 577. The number of para-hydroxylation sites is 3. The third kappa shape index (κ3) is 3.56. The van der Waals surface area contributed by atoms with E-state index in [2.05, 4.69) is 5.32 Å². The zero-order valence-electron chi connectivity index (χ0n) is 12.1. The van der Waals surface area contributed by atoms with Crippen LogP contribution in [0.25, 0.3) is 0 Å². The standard InChI is InChI=1S/C18H21NO2/c20-18(12-6-7-13-18)14-19-16-10-4-5-11-17(16)21-15-8-2-1-3-9-15/h1-5,8-11,19-20H,6-7,12-14H2. The normalized spacial score (nSPS) is 16.6. The fraction of sp³-hybridized carbons (Fsp3) is 0.333. The Kier molecular flexibility index (Phi) is 4.11. The SMILES string of the molecule is OC1(CNc2ccccc2Oc2ccccc2)CCCC1. The second-order valence-electron chi connectivity index (χ2n) is 5.70. The van der Waals surface area contributed by atoms with Crippen molar-refractivity contribution in [1.29, 1.82) is 0 Å². The second-order valence-corrected chi connectivity index (χ2v) is 5.70. The molecule has 2 N–H and O–H groups in total. The predicted octanol–water partition coefficient (Wildman–Crippen LogP) is 4.20.